The topological polar surface area (TPSA) is 18.5 Å². The Bertz CT molecular complexity index is 152. The van der Waals surface area contributed by atoms with Gasteiger partial charge in [0, 0.05) is 19.8 Å². The summed E-state index contributed by atoms with van der Waals surface area (Å²) in [5, 5.41) is 0. The van der Waals surface area contributed by atoms with Crippen LogP contribution in [0.15, 0.2) is 0 Å². The number of rotatable bonds is 2. The molecule has 2 nitrogen and oxygen atoms in total. The summed E-state index contributed by atoms with van der Waals surface area (Å²) in [5.41, 5.74) is 0. The summed E-state index contributed by atoms with van der Waals surface area (Å²) < 4.78 is 11.1. The first kappa shape index (κ1) is 9.47. The van der Waals surface area contributed by atoms with Crippen LogP contribution in [-0.4, -0.2) is 25.9 Å². The van der Waals surface area contributed by atoms with E-state index in [9.17, 15) is 0 Å². The molecule has 2 unspecified atom stereocenters. The highest BCUT2D eigenvalue weighted by atomic mass is 16.5. The average Bonchev–Trinajstić information content (AvgIpc) is 2.57. The van der Waals surface area contributed by atoms with Crippen molar-refractivity contribution < 1.29 is 9.47 Å². The standard InChI is InChI=1S/C11H20O2/c1-9-2-5-13-11(6-9)7-10-3-4-12-8-10/h9-11H,2-8H2,1H3/t9-,10?,11?/m1/s1. The summed E-state index contributed by atoms with van der Waals surface area (Å²) in [6, 6.07) is 0. The van der Waals surface area contributed by atoms with Gasteiger partial charge in [-0.1, -0.05) is 6.92 Å². The molecule has 0 aromatic heterocycles. The molecular weight excluding hydrogens is 164 g/mol. The SMILES string of the molecule is C[C@@H]1CCOC(CC2CCOC2)C1. The molecule has 2 heterocycles. The lowest BCUT2D eigenvalue weighted by Gasteiger charge is -2.28. The van der Waals surface area contributed by atoms with E-state index in [1.165, 1.54) is 25.7 Å². The van der Waals surface area contributed by atoms with E-state index in [2.05, 4.69) is 6.92 Å². The van der Waals surface area contributed by atoms with Crippen molar-refractivity contribution in [2.45, 2.75) is 38.7 Å². The Hall–Kier alpha value is -0.0800. The van der Waals surface area contributed by atoms with Gasteiger partial charge in [0.1, 0.15) is 0 Å². The smallest absolute Gasteiger partial charge is 0.0581 e. The fourth-order valence-electron chi connectivity index (χ4n) is 2.38. The van der Waals surface area contributed by atoms with Crippen molar-refractivity contribution in [2.24, 2.45) is 11.8 Å². The Morgan fingerprint density at radius 2 is 2.15 bits per heavy atom. The molecule has 0 amide bonds. The Balaban J connectivity index is 1.73. The molecule has 0 aliphatic carbocycles. The third-order valence-corrected chi connectivity index (χ3v) is 3.25. The van der Waals surface area contributed by atoms with Gasteiger partial charge in [0.05, 0.1) is 6.10 Å². The molecule has 0 spiro atoms. The van der Waals surface area contributed by atoms with Gasteiger partial charge in [-0.3, -0.25) is 0 Å². The second kappa shape index (κ2) is 4.43. The van der Waals surface area contributed by atoms with E-state index in [0.29, 0.717) is 6.10 Å². The maximum Gasteiger partial charge on any atom is 0.0581 e. The van der Waals surface area contributed by atoms with Crippen LogP contribution in [0.2, 0.25) is 0 Å². The Labute approximate surface area is 80.6 Å². The van der Waals surface area contributed by atoms with E-state index < -0.39 is 0 Å². The van der Waals surface area contributed by atoms with Gasteiger partial charge < -0.3 is 9.47 Å². The van der Waals surface area contributed by atoms with Gasteiger partial charge in [-0.25, -0.2) is 0 Å². The quantitative estimate of drug-likeness (QED) is 0.655. The molecular formula is C11H20O2. The minimum Gasteiger partial charge on any atom is -0.381 e. The lowest BCUT2D eigenvalue weighted by atomic mass is 9.91. The number of hydrogen-bond donors (Lipinski definition) is 0. The average molecular weight is 184 g/mol. The van der Waals surface area contributed by atoms with Crippen LogP contribution in [0.3, 0.4) is 0 Å². The predicted octanol–water partition coefficient (Wildman–Crippen LogP) is 2.23. The fraction of sp³-hybridized carbons (Fsp3) is 1.00. The van der Waals surface area contributed by atoms with E-state index in [1.54, 1.807) is 0 Å². The molecule has 2 heteroatoms. The third-order valence-electron chi connectivity index (χ3n) is 3.25. The monoisotopic (exact) mass is 184 g/mol. The van der Waals surface area contributed by atoms with Crippen molar-refractivity contribution in [1.29, 1.82) is 0 Å². The lowest BCUT2D eigenvalue weighted by Crippen LogP contribution is -2.26. The predicted molar refractivity (Wildman–Crippen MR) is 51.7 cm³/mol. The first-order valence-corrected chi connectivity index (χ1v) is 5.54. The zero-order chi connectivity index (χ0) is 9.10. The van der Waals surface area contributed by atoms with Crippen LogP contribution < -0.4 is 0 Å². The fourth-order valence-corrected chi connectivity index (χ4v) is 2.38. The summed E-state index contributed by atoms with van der Waals surface area (Å²) in [5.74, 6) is 1.64. The van der Waals surface area contributed by atoms with E-state index in [1.807, 2.05) is 0 Å². The molecule has 0 aromatic rings. The molecule has 3 atom stereocenters. The summed E-state index contributed by atoms with van der Waals surface area (Å²) in [6.45, 7) is 5.24. The minimum atomic E-state index is 0.524. The molecule has 2 fully saturated rings. The largest absolute Gasteiger partial charge is 0.381 e. The van der Waals surface area contributed by atoms with E-state index in [0.717, 1.165) is 31.7 Å². The number of hydrogen-bond acceptors (Lipinski definition) is 2. The van der Waals surface area contributed by atoms with Gasteiger partial charge in [0.2, 0.25) is 0 Å². The maximum absolute atomic E-state index is 5.75. The minimum absolute atomic E-state index is 0.524. The van der Waals surface area contributed by atoms with Crippen molar-refractivity contribution in [1.82, 2.24) is 0 Å². The highest BCUT2D eigenvalue weighted by Crippen LogP contribution is 2.27. The molecule has 13 heavy (non-hydrogen) atoms. The molecule has 2 saturated heterocycles. The molecule has 0 radical (unpaired) electrons. The second-order valence-corrected chi connectivity index (χ2v) is 4.59. The molecule has 0 aromatic carbocycles. The Morgan fingerprint density at radius 1 is 1.23 bits per heavy atom. The zero-order valence-electron chi connectivity index (χ0n) is 8.50. The van der Waals surface area contributed by atoms with Crippen molar-refractivity contribution in [2.75, 3.05) is 19.8 Å². The molecule has 2 aliphatic heterocycles. The van der Waals surface area contributed by atoms with Crippen LogP contribution in [0.4, 0.5) is 0 Å². The van der Waals surface area contributed by atoms with Gasteiger partial charge in [0.25, 0.3) is 0 Å². The van der Waals surface area contributed by atoms with Gasteiger partial charge in [-0.2, -0.15) is 0 Å². The third kappa shape index (κ3) is 2.68. The van der Waals surface area contributed by atoms with Crippen molar-refractivity contribution >= 4 is 0 Å². The summed E-state index contributed by atoms with van der Waals surface area (Å²) in [6.07, 6.45) is 5.50. The first-order valence-electron chi connectivity index (χ1n) is 5.54. The van der Waals surface area contributed by atoms with Crippen molar-refractivity contribution in [3.63, 3.8) is 0 Å². The van der Waals surface area contributed by atoms with Crippen molar-refractivity contribution in [3.05, 3.63) is 0 Å². The Morgan fingerprint density at radius 3 is 2.85 bits per heavy atom. The molecule has 2 rings (SSSR count). The van der Waals surface area contributed by atoms with Crippen LogP contribution in [0, 0.1) is 11.8 Å². The van der Waals surface area contributed by atoms with E-state index in [4.69, 9.17) is 9.47 Å². The molecule has 0 N–H and O–H groups in total. The molecule has 0 bridgehead atoms. The second-order valence-electron chi connectivity index (χ2n) is 4.59. The first-order chi connectivity index (χ1) is 6.34. The highest BCUT2D eigenvalue weighted by molar-refractivity contribution is 4.74. The van der Waals surface area contributed by atoms with Gasteiger partial charge in [-0.05, 0) is 37.5 Å². The zero-order valence-corrected chi connectivity index (χ0v) is 8.50. The highest BCUT2D eigenvalue weighted by Gasteiger charge is 2.25. The Kier molecular flexibility index (Phi) is 3.23. The normalized spacial score (nSPS) is 40.8. The van der Waals surface area contributed by atoms with Crippen LogP contribution in [0.1, 0.15) is 32.6 Å². The maximum atomic E-state index is 5.75. The molecule has 2 aliphatic rings. The summed E-state index contributed by atoms with van der Waals surface area (Å²) in [7, 11) is 0. The lowest BCUT2D eigenvalue weighted by molar-refractivity contribution is -0.0185. The van der Waals surface area contributed by atoms with Gasteiger partial charge >= 0.3 is 0 Å². The number of ether oxygens (including phenoxy) is 2. The van der Waals surface area contributed by atoms with Crippen LogP contribution >= 0.6 is 0 Å². The van der Waals surface area contributed by atoms with Crippen LogP contribution in [0.5, 0.6) is 0 Å². The van der Waals surface area contributed by atoms with Gasteiger partial charge in [0.15, 0.2) is 0 Å². The van der Waals surface area contributed by atoms with Crippen LogP contribution in [0.25, 0.3) is 0 Å². The summed E-state index contributed by atoms with van der Waals surface area (Å²) in [4.78, 5) is 0. The molecule has 0 saturated carbocycles. The van der Waals surface area contributed by atoms with Crippen molar-refractivity contribution in [3.8, 4) is 0 Å². The van der Waals surface area contributed by atoms with E-state index in [-0.39, 0.29) is 0 Å². The summed E-state index contributed by atoms with van der Waals surface area (Å²) >= 11 is 0. The van der Waals surface area contributed by atoms with Crippen LogP contribution in [-0.2, 0) is 9.47 Å². The molecule has 76 valence electrons. The van der Waals surface area contributed by atoms with Gasteiger partial charge in [-0.15, -0.1) is 0 Å². The van der Waals surface area contributed by atoms with E-state index >= 15 is 0 Å².